The van der Waals surface area contributed by atoms with E-state index in [4.69, 9.17) is 19.9 Å². The molecule has 2 N–H and O–H groups in total. The molecular formula is C25H25N3O3. The summed E-state index contributed by atoms with van der Waals surface area (Å²) < 4.78 is 16.6. The van der Waals surface area contributed by atoms with E-state index in [9.17, 15) is 5.26 Å². The largest absolute Gasteiger partial charge is 0.497 e. The maximum Gasteiger partial charge on any atom is 0.205 e. The summed E-state index contributed by atoms with van der Waals surface area (Å²) in [6.45, 7) is 1.40. The Balaban J connectivity index is 1.81. The molecule has 0 amide bonds. The van der Waals surface area contributed by atoms with Crippen molar-refractivity contribution in [2.75, 3.05) is 34.4 Å². The van der Waals surface area contributed by atoms with Gasteiger partial charge in [0.1, 0.15) is 28.9 Å². The Morgan fingerprint density at radius 2 is 1.65 bits per heavy atom. The first-order valence-corrected chi connectivity index (χ1v) is 10.0. The van der Waals surface area contributed by atoms with Crippen molar-refractivity contribution in [3.05, 3.63) is 88.0 Å². The third kappa shape index (κ3) is 4.00. The highest BCUT2D eigenvalue weighted by molar-refractivity contribution is 5.63. The van der Waals surface area contributed by atoms with Crippen molar-refractivity contribution in [3.63, 3.8) is 0 Å². The molecule has 2 aliphatic rings. The Morgan fingerprint density at radius 3 is 2.23 bits per heavy atom. The van der Waals surface area contributed by atoms with Crippen molar-refractivity contribution in [1.29, 1.82) is 5.26 Å². The number of nitrogens with two attached hydrogens (primary N) is 1. The summed E-state index contributed by atoms with van der Waals surface area (Å²) in [4.78, 5) is 2.21. The zero-order valence-electron chi connectivity index (χ0n) is 17.9. The Morgan fingerprint density at radius 1 is 1.03 bits per heavy atom. The summed E-state index contributed by atoms with van der Waals surface area (Å²) in [7, 11) is 5.34. The molecule has 6 heteroatoms. The lowest BCUT2D eigenvalue weighted by Crippen LogP contribution is -2.35. The van der Waals surface area contributed by atoms with E-state index in [1.54, 1.807) is 14.2 Å². The number of hydrogen-bond donors (Lipinski definition) is 1. The summed E-state index contributed by atoms with van der Waals surface area (Å²) in [6, 6.07) is 17.9. The fourth-order valence-electron chi connectivity index (χ4n) is 4.12. The third-order valence-corrected chi connectivity index (χ3v) is 5.60. The molecule has 158 valence electrons. The standard InChI is InChI=1S/C25H25N3O3/c1-28-14-18(12-16-4-8-19(29-2)9-5-16)24-22(15-28)23(21(13-26)25(27)31-24)17-6-10-20(30-3)11-7-17/h4-12,23H,14-15,27H2,1-3H3. The lowest BCUT2D eigenvalue weighted by molar-refractivity contribution is 0.251. The number of nitriles is 1. The van der Waals surface area contributed by atoms with Crippen molar-refractivity contribution in [1.82, 2.24) is 4.90 Å². The predicted octanol–water partition coefficient (Wildman–Crippen LogP) is 3.79. The second-order valence-electron chi connectivity index (χ2n) is 7.67. The number of nitrogens with zero attached hydrogens (tertiary/aromatic N) is 2. The number of hydrogen-bond acceptors (Lipinski definition) is 6. The molecular weight excluding hydrogens is 390 g/mol. The van der Waals surface area contributed by atoms with Gasteiger partial charge in [0.05, 0.1) is 20.1 Å². The van der Waals surface area contributed by atoms with E-state index < -0.39 is 0 Å². The molecule has 0 spiro atoms. The van der Waals surface area contributed by atoms with Crippen molar-refractivity contribution in [3.8, 4) is 17.6 Å². The maximum absolute atomic E-state index is 9.85. The number of benzene rings is 2. The van der Waals surface area contributed by atoms with Crippen LogP contribution in [0.1, 0.15) is 17.0 Å². The van der Waals surface area contributed by atoms with Crippen LogP contribution in [0, 0.1) is 11.3 Å². The molecule has 0 saturated carbocycles. The summed E-state index contributed by atoms with van der Waals surface area (Å²) in [6.07, 6.45) is 2.10. The van der Waals surface area contributed by atoms with E-state index in [0.717, 1.165) is 46.1 Å². The van der Waals surface area contributed by atoms with Crippen molar-refractivity contribution in [2.24, 2.45) is 5.73 Å². The van der Waals surface area contributed by atoms with E-state index in [-0.39, 0.29) is 11.8 Å². The first-order valence-electron chi connectivity index (χ1n) is 10.0. The molecule has 1 unspecified atom stereocenters. The van der Waals surface area contributed by atoms with Gasteiger partial charge < -0.3 is 19.9 Å². The van der Waals surface area contributed by atoms with Crippen LogP contribution in [0.25, 0.3) is 6.08 Å². The molecule has 0 bridgehead atoms. The van der Waals surface area contributed by atoms with Gasteiger partial charge in [0.25, 0.3) is 0 Å². The molecule has 31 heavy (non-hydrogen) atoms. The lowest BCUT2D eigenvalue weighted by atomic mass is 9.80. The van der Waals surface area contributed by atoms with Gasteiger partial charge in [0, 0.05) is 18.7 Å². The molecule has 1 atom stereocenters. The molecule has 2 aliphatic heterocycles. The van der Waals surface area contributed by atoms with Crippen LogP contribution in [-0.4, -0.2) is 39.3 Å². The normalized spacial score (nSPS) is 20.2. The minimum absolute atomic E-state index is 0.159. The molecule has 0 radical (unpaired) electrons. The Hall–Kier alpha value is -3.69. The zero-order chi connectivity index (χ0) is 22.0. The van der Waals surface area contributed by atoms with Gasteiger partial charge in [-0.15, -0.1) is 0 Å². The SMILES string of the molecule is COc1ccc(C=C2CN(C)CC3=C2OC(N)=C(C#N)C3c2ccc(OC)cc2)cc1. The van der Waals surface area contributed by atoms with Gasteiger partial charge in [0.2, 0.25) is 5.88 Å². The minimum atomic E-state index is -0.262. The first kappa shape index (κ1) is 20.6. The van der Waals surface area contributed by atoms with Gasteiger partial charge in [-0.05, 0) is 54.1 Å². The molecule has 4 rings (SSSR count). The van der Waals surface area contributed by atoms with Gasteiger partial charge in [-0.2, -0.15) is 5.26 Å². The Kier molecular flexibility index (Phi) is 5.70. The monoisotopic (exact) mass is 415 g/mol. The highest BCUT2D eigenvalue weighted by Gasteiger charge is 2.37. The van der Waals surface area contributed by atoms with Gasteiger partial charge >= 0.3 is 0 Å². The van der Waals surface area contributed by atoms with E-state index >= 15 is 0 Å². The Bertz CT molecular complexity index is 1110. The van der Waals surface area contributed by atoms with Crippen LogP contribution in [0.2, 0.25) is 0 Å². The number of likely N-dealkylation sites (N-methyl/N-ethyl adjacent to an activating group) is 1. The van der Waals surface area contributed by atoms with Crippen LogP contribution in [0.5, 0.6) is 11.5 Å². The molecule has 2 aromatic rings. The number of ether oxygens (including phenoxy) is 3. The first-order chi connectivity index (χ1) is 15.0. The molecule has 0 aliphatic carbocycles. The smallest absolute Gasteiger partial charge is 0.205 e. The highest BCUT2D eigenvalue weighted by Crippen LogP contribution is 2.43. The van der Waals surface area contributed by atoms with Crippen molar-refractivity contribution >= 4 is 6.08 Å². The Labute approximate surface area is 182 Å². The molecule has 2 aromatic carbocycles. The van der Waals surface area contributed by atoms with Crippen LogP contribution in [0.3, 0.4) is 0 Å². The lowest BCUT2D eigenvalue weighted by Gasteiger charge is -2.36. The number of rotatable bonds is 4. The second kappa shape index (κ2) is 8.58. The summed E-state index contributed by atoms with van der Waals surface area (Å²) >= 11 is 0. The molecule has 0 fully saturated rings. The average molecular weight is 415 g/mol. The van der Waals surface area contributed by atoms with Crippen LogP contribution in [-0.2, 0) is 4.74 Å². The topological polar surface area (TPSA) is 80.7 Å². The number of allylic oxidation sites excluding steroid dienone is 1. The van der Waals surface area contributed by atoms with E-state index in [0.29, 0.717) is 12.1 Å². The van der Waals surface area contributed by atoms with Crippen LogP contribution in [0.4, 0.5) is 0 Å². The third-order valence-electron chi connectivity index (χ3n) is 5.60. The molecule has 0 saturated heterocycles. The van der Waals surface area contributed by atoms with Gasteiger partial charge in [0.15, 0.2) is 0 Å². The van der Waals surface area contributed by atoms with Gasteiger partial charge in [-0.1, -0.05) is 24.3 Å². The summed E-state index contributed by atoms with van der Waals surface area (Å²) in [5, 5.41) is 9.85. The maximum atomic E-state index is 9.85. The second-order valence-corrected chi connectivity index (χ2v) is 7.67. The average Bonchev–Trinajstić information content (AvgIpc) is 2.79. The van der Waals surface area contributed by atoms with E-state index in [2.05, 4.69) is 24.1 Å². The zero-order valence-corrected chi connectivity index (χ0v) is 17.9. The minimum Gasteiger partial charge on any atom is -0.497 e. The molecule has 0 aromatic heterocycles. The van der Waals surface area contributed by atoms with E-state index in [1.807, 2.05) is 48.5 Å². The quantitative estimate of drug-likeness (QED) is 0.818. The summed E-state index contributed by atoms with van der Waals surface area (Å²) in [5.41, 5.74) is 10.7. The van der Waals surface area contributed by atoms with Crippen LogP contribution in [0.15, 0.2) is 76.9 Å². The van der Waals surface area contributed by atoms with Gasteiger partial charge in [-0.25, -0.2) is 0 Å². The van der Waals surface area contributed by atoms with Crippen LogP contribution < -0.4 is 15.2 Å². The fraction of sp³-hybridized carbons (Fsp3) is 0.240. The van der Waals surface area contributed by atoms with Crippen LogP contribution >= 0.6 is 0 Å². The molecule has 6 nitrogen and oxygen atoms in total. The fourth-order valence-corrected chi connectivity index (χ4v) is 4.12. The predicted molar refractivity (Wildman–Crippen MR) is 119 cm³/mol. The summed E-state index contributed by atoms with van der Waals surface area (Å²) in [5.74, 6) is 2.23. The van der Waals surface area contributed by atoms with Gasteiger partial charge in [-0.3, -0.25) is 4.90 Å². The van der Waals surface area contributed by atoms with Crippen molar-refractivity contribution in [2.45, 2.75) is 5.92 Å². The number of methoxy groups -OCH3 is 2. The highest BCUT2D eigenvalue weighted by atomic mass is 16.5. The van der Waals surface area contributed by atoms with E-state index in [1.165, 1.54) is 0 Å². The molecule has 2 heterocycles. The van der Waals surface area contributed by atoms with Crippen molar-refractivity contribution < 1.29 is 14.2 Å².